The van der Waals surface area contributed by atoms with E-state index in [-0.39, 0.29) is 5.97 Å². The molecule has 0 unspecified atom stereocenters. The summed E-state index contributed by atoms with van der Waals surface area (Å²) in [6.07, 6.45) is 4.08. The van der Waals surface area contributed by atoms with Crippen LogP contribution in [0.4, 0.5) is 0 Å². The van der Waals surface area contributed by atoms with Crippen LogP contribution >= 0.6 is 0 Å². The van der Waals surface area contributed by atoms with Gasteiger partial charge in [-0.05, 0) is 19.8 Å². The van der Waals surface area contributed by atoms with Crippen molar-refractivity contribution in [2.24, 2.45) is 0 Å². The molecule has 4 heteroatoms. The Hall–Kier alpha value is -0.610. The summed E-state index contributed by atoms with van der Waals surface area (Å²) in [6, 6.07) is 0. The molecule has 0 aromatic heterocycles. The predicted octanol–water partition coefficient (Wildman–Crippen LogP) is 2.13. The molecule has 0 bridgehead atoms. The largest absolute Gasteiger partial charge is 0.466 e. The molecule has 0 spiro atoms. The van der Waals surface area contributed by atoms with Crippen LogP contribution in [0.1, 0.15) is 53.4 Å². The van der Waals surface area contributed by atoms with E-state index in [9.17, 15) is 4.79 Å². The first-order chi connectivity index (χ1) is 7.60. The molecular formula is C12H28O4. The van der Waals surface area contributed by atoms with Crippen LogP contribution in [0.25, 0.3) is 0 Å². The Bertz CT molecular complexity index is 106. The smallest absolute Gasteiger partial charge is 0.302 e. The first-order valence-corrected chi connectivity index (χ1v) is 5.95. The quantitative estimate of drug-likeness (QED) is 0.718. The van der Waals surface area contributed by atoms with Gasteiger partial charge in [-0.25, -0.2) is 0 Å². The van der Waals surface area contributed by atoms with Gasteiger partial charge in [0.15, 0.2) is 0 Å². The standard InChI is InChI=1S/C4H8O2.2C4H10O/c1-3-6-4(2)5;2*1-2-3-4-5/h3H2,1-2H3;2*5H,2-4H2,1H3. The van der Waals surface area contributed by atoms with Crippen LogP contribution < -0.4 is 0 Å². The van der Waals surface area contributed by atoms with Gasteiger partial charge in [0.05, 0.1) is 6.61 Å². The Kier molecular flexibility index (Phi) is 31.0. The van der Waals surface area contributed by atoms with E-state index >= 15 is 0 Å². The Morgan fingerprint density at radius 2 is 1.38 bits per heavy atom. The summed E-state index contributed by atoms with van der Waals surface area (Å²) >= 11 is 0. The van der Waals surface area contributed by atoms with Gasteiger partial charge in [0.1, 0.15) is 0 Å². The van der Waals surface area contributed by atoms with Crippen molar-refractivity contribution in [1.82, 2.24) is 0 Å². The number of aliphatic hydroxyl groups is 2. The SMILES string of the molecule is CCCCO.CCCCO.CCOC(C)=O. The zero-order valence-corrected chi connectivity index (χ0v) is 11.2. The van der Waals surface area contributed by atoms with Crippen LogP contribution in [0.5, 0.6) is 0 Å². The van der Waals surface area contributed by atoms with Gasteiger partial charge in [-0.15, -0.1) is 0 Å². The number of rotatable bonds is 5. The highest BCUT2D eigenvalue weighted by atomic mass is 16.5. The molecule has 0 amide bonds. The maximum absolute atomic E-state index is 9.82. The van der Waals surface area contributed by atoms with Gasteiger partial charge in [-0.2, -0.15) is 0 Å². The Balaban J connectivity index is -0.000000160. The van der Waals surface area contributed by atoms with Crippen molar-refractivity contribution in [3.8, 4) is 0 Å². The van der Waals surface area contributed by atoms with Gasteiger partial charge >= 0.3 is 5.97 Å². The molecule has 0 rings (SSSR count). The molecule has 100 valence electrons. The van der Waals surface area contributed by atoms with E-state index in [1.54, 1.807) is 6.92 Å². The van der Waals surface area contributed by atoms with Gasteiger partial charge in [0.25, 0.3) is 0 Å². The molecule has 4 nitrogen and oxygen atoms in total. The van der Waals surface area contributed by atoms with Gasteiger partial charge in [0, 0.05) is 20.1 Å². The van der Waals surface area contributed by atoms with Crippen LogP contribution in [0, 0.1) is 0 Å². The fourth-order valence-electron chi connectivity index (χ4n) is 0.519. The minimum atomic E-state index is -0.211. The second-order valence-corrected chi connectivity index (χ2v) is 3.08. The highest BCUT2D eigenvalue weighted by Crippen LogP contribution is 1.79. The minimum absolute atomic E-state index is 0.211. The number of ether oxygens (including phenoxy) is 1. The van der Waals surface area contributed by atoms with Gasteiger partial charge < -0.3 is 14.9 Å². The molecule has 0 atom stereocenters. The number of hydrogen-bond donors (Lipinski definition) is 2. The fourth-order valence-corrected chi connectivity index (χ4v) is 0.519. The average molecular weight is 236 g/mol. The highest BCUT2D eigenvalue weighted by Gasteiger charge is 1.81. The van der Waals surface area contributed by atoms with Crippen molar-refractivity contribution in [3.63, 3.8) is 0 Å². The number of hydrogen-bond acceptors (Lipinski definition) is 4. The van der Waals surface area contributed by atoms with Gasteiger partial charge in [-0.1, -0.05) is 26.7 Å². The van der Waals surface area contributed by atoms with Crippen LogP contribution in [-0.4, -0.2) is 36.0 Å². The molecule has 0 aromatic carbocycles. The van der Waals surface area contributed by atoms with Crippen LogP contribution in [0.3, 0.4) is 0 Å². The number of aliphatic hydroxyl groups excluding tert-OH is 2. The first-order valence-electron chi connectivity index (χ1n) is 5.95. The van der Waals surface area contributed by atoms with E-state index in [1.807, 2.05) is 0 Å². The van der Waals surface area contributed by atoms with Crippen LogP contribution in [0.2, 0.25) is 0 Å². The monoisotopic (exact) mass is 236 g/mol. The highest BCUT2D eigenvalue weighted by molar-refractivity contribution is 5.65. The molecule has 16 heavy (non-hydrogen) atoms. The lowest BCUT2D eigenvalue weighted by Gasteiger charge is -1.89. The molecule has 0 saturated carbocycles. The maximum Gasteiger partial charge on any atom is 0.302 e. The van der Waals surface area contributed by atoms with E-state index in [0.29, 0.717) is 19.8 Å². The Labute approximate surface area is 99.6 Å². The molecule has 0 heterocycles. The topological polar surface area (TPSA) is 66.8 Å². The molecule has 2 N–H and O–H groups in total. The number of esters is 1. The third-order valence-electron chi connectivity index (χ3n) is 1.37. The lowest BCUT2D eigenvalue weighted by molar-refractivity contribution is -0.140. The zero-order valence-electron chi connectivity index (χ0n) is 11.2. The average Bonchev–Trinajstić information content (AvgIpc) is 2.21. The summed E-state index contributed by atoms with van der Waals surface area (Å²) < 4.78 is 4.40. The first kappa shape index (κ1) is 20.8. The van der Waals surface area contributed by atoms with E-state index < -0.39 is 0 Å². The van der Waals surface area contributed by atoms with Crippen LogP contribution in [0.15, 0.2) is 0 Å². The summed E-state index contributed by atoms with van der Waals surface area (Å²) in [5, 5.41) is 16.1. The summed E-state index contributed by atoms with van der Waals surface area (Å²) in [5.41, 5.74) is 0. The second-order valence-electron chi connectivity index (χ2n) is 3.08. The molecule has 0 radical (unpaired) electrons. The lowest BCUT2D eigenvalue weighted by Crippen LogP contribution is -1.95. The van der Waals surface area contributed by atoms with Crippen LogP contribution in [-0.2, 0) is 9.53 Å². The predicted molar refractivity (Wildman–Crippen MR) is 66.3 cm³/mol. The summed E-state index contributed by atoms with van der Waals surface area (Å²) in [5.74, 6) is -0.211. The molecule has 0 saturated heterocycles. The van der Waals surface area contributed by atoms with Crippen molar-refractivity contribution in [3.05, 3.63) is 0 Å². The van der Waals surface area contributed by atoms with Crippen molar-refractivity contribution in [2.45, 2.75) is 53.4 Å². The van der Waals surface area contributed by atoms with Crippen molar-refractivity contribution >= 4 is 5.97 Å². The second kappa shape index (κ2) is 23.9. The minimum Gasteiger partial charge on any atom is -0.466 e. The Morgan fingerprint density at radius 1 is 1.00 bits per heavy atom. The normalized spacial score (nSPS) is 8.12. The fraction of sp³-hybridized carbons (Fsp3) is 0.917. The van der Waals surface area contributed by atoms with Crippen molar-refractivity contribution in [2.75, 3.05) is 19.8 Å². The number of carbonyl (C=O) groups excluding carboxylic acids is 1. The van der Waals surface area contributed by atoms with Crippen molar-refractivity contribution in [1.29, 1.82) is 0 Å². The number of carbonyl (C=O) groups is 1. The summed E-state index contributed by atoms with van der Waals surface area (Å²) in [6.45, 7) is 8.44. The molecule has 0 aliphatic heterocycles. The molecule has 0 aromatic rings. The molecule has 0 aliphatic carbocycles. The zero-order chi connectivity index (χ0) is 13.2. The molecule has 0 aliphatic rings. The van der Waals surface area contributed by atoms with E-state index in [2.05, 4.69) is 18.6 Å². The lowest BCUT2D eigenvalue weighted by atomic mass is 10.4. The third kappa shape index (κ3) is 50.3. The van der Waals surface area contributed by atoms with E-state index in [0.717, 1.165) is 25.7 Å². The van der Waals surface area contributed by atoms with Gasteiger partial charge in [-0.3, -0.25) is 4.79 Å². The molecule has 0 fully saturated rings. The Morgan fingerprint density at radius 3 is 1.38 bits per heavy atom. The number of unbranched alkanes of at least 4 members (excludes halogenated alkanes) is 2. The maximum atomic E-state index is 9.82. The van der Waals surface area contributed by atoms with E-state index in [4.69, 9.17) is 10.2 Å². The summed E-state index contributed by atoms with van der Waals surface area (Å²) in [7, 11) is 0. The third-order valence-corrected chi connectivity index (χ3v) is 1.37. The van der Waals surface area contributed by atoms with Gasteiger partial charge in [0.2, 0.25) is 0 Å². The van der Waals surface area contributed by atoms with E-state index in [1.165, 1.54) is 6.92 Å². The summed E-state index contributed by atoms with van der Waals surface area (Å²) in [4.78, 5) is 9.82. The van der Waals surface area contributed by atoms with Crippen molar-refractivity contribution < 1.29 is 19.7 Å². The molecular weight excluding hydrogens is 208 g/mol.